The van der Waals surface area contributed by atoms with Crippen LogP contribution in [0.25, 0.3) is 0 Å². The van der Waals surface area contributed by atoms with Gasteiger partial charge in [0.05, 0.1) is 11.3 Å². The van der Waals surface area contributed by atoms with E-state index in [-0.39, 0.29) is 31.2 Å². The van der Waals surface area contributed by atoms with Crippen molar-refractivity contribution >= 4 is 39.9 Å². The van der Waals surface area contributed by atoms with E-state index in [1.54, 1.807) is 27.7 Å². The number of hydrogen-bond donors (Lipinski definition) is 3. The molecule has 0 bridgehead atoms. The van der Waals surface area contributed by atoms with E-state index in [1.807, 2.05) is 12.2 Å². The highest BCUT2D eigenvalue weighted by Crippen LogP contribution is 2.44. The number of carbonyl (C=O) groups excluding carboxylic acids is 5. The SMILES string of the molecule is CN(C)C(=O)O[C@@H]1C[C@@H](C(N)=O)N(C(=O)[C@H](CCCCC/C=C\[C@@H]2C[C@@H]2C(=O)NS(=O)(=O)C2(C)CC2)NC(=O)OC(C)(C)C)C1. The third kappa shape index (κ3) is 10.3. The molecule has 0 aromatic carbocycles. The molecule has 0 aromatic rings. The summed E-state index contributed by atoms with van der Waals surface area (Å²) in [4.78, 5) is 65.3. The Bertz CT molecular complexity index is 1270. The van der Waals surface area contributed by atoms with Gasteiger partial charge in [0.1, 0.15) is 23.8 Å². The van der Waals surface area contributed by atoms with Crippen LogP contribution >= 0.6 is 0 Å². The van der Waals surface area contributed by atoms with Crippen LogP contribution in [0.1, 0.15) is 85.5 Å². The maximum Gasteiger partial charge on any atom is 0.409 e. The first-order valence-electron chi connectivity index (χ1n) is 15.5. The van der Waals surface area contributed by atoms with E-state index in [2.05, 4.69) is 10.0 Å². The fraction of sp³-hybridized carbons (Fsp3) is 0.767. The molecule has 3 fully saturated rings. The summed E-state index contributed by atoms with van der Waals surface area (Å²) in [6.07, 6.45) is 6.76. The Balaban J connectivity index is 1.50. The van der Waals surface area contributed by atoms with Crippen molar-refractivity contribution in [2.75, 3.05) is 20.6 Å². The van der Waals surface area contributed by atoms with Crippen LogP contribution in [0.15, 0.2) is 12.2 Å². The van der Waals surface area contributed by atoms with Crippen LogP contribution in [-0.2, 0) is 33.9 Å². The van der Waals surface area contributed by atoms with Gasteiger partial charge in [-0.1, -0.05) is 25.0 Å². The summed E-state index contributed by atoms with van der Waals surface area (Å²) in [5, 5.41) is 2.64. The number of amides is 5. The molecule has 15 heteroatoms. The predicted molar refractivity (Wildman–Crippen MR) is 165 cm³/mol. The first kappa shape index (κ1) is 36.1. The second kappa shape index (κ2) is 14.4. The zero-order valence-corrected chi connectivity index (χ0v) is 28.0. The minimum absolute atomic E-state index is 0.0201. The molecule has 5 atom stereocenters. The minimum atomic E-state index is -3.63. The van der Waals surface area contributed by atoms with Crippen LogP contribution in [0.4, 0.5) is 9.59 Å². The molecule has 0 radical (unpaired) electrons. The number of allylic oxidation sites excluding steroid dienone is 2. The molecule has 4 N–H and O–H groups in total. The van der Waals surface area contributed by atoms with Crippen molar-refractivity contribution in [3.63, 3.8) is 0 Å². The minimum Gasteiger partial charge on any atom is -0.444 e. The lowest BCUT2D eigenvalue weighted by molar-refractivity contribution is -0.139. The fourth-order valence-corrected chi connectivity index (χ4v) is 6.42. The first-order valence-corrected chi connectivity index (χ1v) is 17.0. The van der Waals surface area contributed by atoms with Crippen molar-refractivity contribution < 1.29 is 41.9 Å². The topological polar surface area (TPSA) is 195 Å². The van der Waals surface area contributed by atoms with Gasteiger partial charge in [0, 0.05) is 26.4 Å². The second-order valence-electron chi connectivity index (χ2n) is 13.7. The number of ether oxygens (including phenoxy) is 2. The molecule has 0 unspecified atom stereocenters. The van der Waals surface area contributed by atoms with Crippen LogP contribution in [0, 0.1) is 11.8 Å². The standard InChI is InChI=1S/C30H49N5O9S/c1-29(2,3)44-27(39)32-22(26(38)35-18-20(17-23(35)24(31)36)43-28(40)34(5)6)13-11-9-7-8-10-12-19-16-21(19)25(37)33-45(41,42)30(4)14-15-30/h10,12,19-23H,7-9,11,13-18H2,1-6H3,(H2,31,36)(H,32,39)(H,33,37)/b12-10-/t19-,20-,21+,22+,23+/m1/s1. The van der Waals surface area contributed by atoms with Crippen molar-refractivity contribution in [1.82, 2.24) is 19.8 Å². The highest BCUT2D eigenvalue weighted by atomic mass is 32.2. The Kier molecular flexibility index (Phi) is 11.5. The van der Waals surface area contributed by atoms with Crippen molar-refractivity contribution in [3.8, 4) is 0 Å². The molecule has 2 saturated carbocycles. The maximum atomic E-state index is 13.6. The van der Waals surface area contributed by atoms with E-state index in [9.17, 15) is 32.4 Å². The van der Waals surface area contributed by atoms with Crippen LogP contribution in [-0.4, -0.2) is 97.3 Å². The molecule has 3 aliphatic rings. The van der Waals surface area contributed by atoms with E-state index >= 15 is 0 Å². The number of carbonyl (C=O) groups is 5. The monoisotopic (exact) mass is 655 g/mol. The van der Waals surface area contributed by atoms with Crippen molar-refractivity contribution in [2.45, 2.75) is 114 Å². The molecule has 0 spiro atoms. The number of nitrogens with zero attached hydrogens (tertiary/aromatic N) is 2. The summed E-state index contributed by atoms with van der Waals surface area (Å²) < 4.78 is 36.7. The number of rotatable bonds is 14. The average molecular weight is 656 g/mol. The Morgan fingerprint density at radius 3 is 2.33 bits per heavy atom. The van der Waals surface area contributed by atoms with Crippen LogP contribution in [0.3, 0.4) is 0 Å². The van der Waals surface area contributed by atoms with Crippen LogP contribution < -0.4 is 15.8 Å². The highest BCUT2D eigenvalue weighted by molar-refractivity contribution is 7.91. The number of likely N-dealkylation sites (tertiary alicyclic amines) is 1. The molecular formula is C30H49N5O9S. The average Bonchev–Trinajstić information content (AvgIpc) is 3.82. The van der Waals surface area contributed by atoms with Gasteiger partial charge < -0.3 is 30.3 Å². The molecule has 0 aromatic heterocycles. The molecule has 2 aliphatic carbocycles. The van der Waals surface area contributed by atoms with Crippen LogP contribution in [0.2, 0.25) is 0 Å². The second-order valence-corrected chi connectivity index (χ2v) is 15.9. The molecule has 5 amide bonds. The van der Waals surface area contributed by atoms with Gasteiger partial charge in [-0.15, -0.1) is 0 Å². The number of sulfonamides is 1. The lowest BCUT2D eigenvalue weighted by Gasteiger charge is -2.28. The summed E-state index contributed by atoms with van der Waals surface area (Å²) in [5.74, 6) is -1.99. The zero-order valence-electron chi connectivity index (χ0n) is 27.2. The largest absolute Gasteiger partial charge is 0.444 e. The Morgan fingerprint density at radius 2 is 1.76 bits per heavy atom. The Morgan fingerprint density at radius 1 is 1.09 bits per heavy atom. The van der Waals surface area contributed by atoms with Gasteiger partial charge in [-0.05, 0) is 72.1 Å². The predicted octanol–water partition coefficient (Wildman–Crippen LogP) is 2.17. The fourth-order valence-electron chi connectivity index (χ4n) is 5.11. The summed E-state index contributed by atoms with van der Waals surface area (Å²) in [6.45, 7) is 6.73. The van der Waals surface area contributed by atoms with E-state index in [4.69, 9.17) is 15.2 Å². The van der Waals surface area contributed by atoms with Gasteiger partial charge in [0.2, 0.25) is 27.7 Å². The molecule has 14 nitrogen and oxygen atoms in total. The van der Waals surface area contributed by atoms with Gasteiger partial charge in [-0.25, -0.2) is 18.0 Å². The number of unbranched alkanes of at least 4 members (excludes halogenated alkanes) is 3. The molecular weight excluding hydrogens is 606 g/mol. The van der Waals surface area contributed by atoms with Gasteiger partial charge in [0.25, 0.3) is 0 Å². The van der Waals surface area contributed by atoms with Gasteiger partial charge in [0.15, 0.2) is 0 Å². The van der Waals surface area contributed by atoms with Crippen molar-refractivity contribution in [1.29, 1.82) is 0 Å². The van der Waals surface area contributed by atoms with Gasteiger partial charge in [-0.2, -0.15) is 0 Å². The summed E-state index contributed by atoms with van der Waals surface area (Å²) in [6, 6.07) is -1.98. The van der Waals surface area contributed by atoms with Gasteiger partial charge >= 0.3 is 12.2 Å². The Labute approximate surface area is 265 Å². The van der Waals surface area contributed by atoms with Crippen molar-refractivity contribution in [3.05, 3.63) is 12.2 Å². The number of nitrogens with one attached hydrogen (secondary N) is 2. The number of nitrogens with two attached hydrogens (primary N) is 1. The number of alkyl carbamates (subject to hydrolysis) is 1. The summed E-state index contributed by atoms with van der Waals surface area (Å²) in [5.41, 5.74) is 4.79. The molecule has 1 heterocycles. The normalized spacial score (nSPS) is 24.4. The first-order chi connectivity index (χ1) is 20.8. The quantitative estimate of drug-likeness (QED) is 0.186. The molecule has 45 heavy (non-hydrogen) atoms. The summed E-state index contributed by atoms with van der Waals surface area (Å²) in [7, 11) is -0.587. The molecule has 254 valence electrons. The Hall–Kier alpha value is -3.36. The lowest BCUT2D eigenvalue weighted by Crippen LogP contribution is -2.53. The molecule has 1 aliphatic heterocycles. The van der Waals surface area contributed by atoms with Crippen molar-refractivity contribution in [2.24, 2.45) is 17.6 Å². The highest BCUT2D eigenvalue weighted by Gasteiger charge is 2.52. The smallest absolute Gasteiger partial charge is 0.409 e. The number of hydrogen-bond acceptors (Lipinski definition) is 9. The van der Waals surface area contributed by atoms with E-state index in [1.165, 1.54) is 23.9 Å². The number of primary amides is 1. The summed E-state index contributed by atoms with van der Waals surface area (Å²) >= 11 is 0. The third-order valence-corrected chi connectivity index (χ3v) is 10.4. The third-order valence-electron chi connectivity index (χ3n) is 8.26. The van der Waals surface area contributed by atoms with Crippen LogP contribution in [0.5, 0.6) is 0 Å². The maximum absolute atomic E-state index is 13.6. The molecule has 3 rings (SSSR count). The van der Waals surface area contributed by atoms with E-state index in [0.717, 1.165) is 19.3 Å². The van der Waals surface area contributed by atoms with Gasteiger partial charge in [-0.3, -0.25) is 19.1 Å². The van der Waals surface area contributed by atoms with E-state index < -0.39 is 68.5 Å². The zero-order chi connectivity index (χ0) is 33.7. The van der Waals surface area contributed by atoms with E-state index in [0.29, 0.717) is 25.7 Å². The lowest BCUT2D eigenvalue weighted by atomic mass is 10.0. The molecule has 1 saturated heterocycles.